The number of likely N-dealkylation sites (tertiary alicyclic amines) is 1. The minimum absolute atomic E-state index is 0.473. The van der Waals surface area contributed by atoms with Crippen LogP contribution in [0.4, 0.5) is 0 Å². The van der Waals surface area contributed by atoms with Crippen LogP contribution < -0.4 is 9.47 Å². The fraction of sp³-hybridized carbons (Fsp3) is 0.538. The van der Waals surface area contributed by atoms with Crippen LogP contribution in [0.5, 0.6) is 11.5 Å². The van der Waals surface area contributed by atoms with E-state index in [-0.39, 0.29) is 0 Å². The highest BCUT2D eigenvalue weighted by Gasteiger charge is 2.13. The Morgan fingerprint density at radius 1 is 1.22 bits per heavy atom. The van der Waals surface area contributed by atoms with Crippen molar-refractivity contribution in [1.82, 2.24) is 4.90 Å². The van der Waals surface area contributed by atoms with Crippen LogP contribution in [-0.2, 0) is 0 Å². The minimum Gasteiger partial charge on any atom is -0.491 e. The Kier molecular flexibility index (Phi) is 4.98. The first-order valence-corrected chi connectivity index (χ1v) is 6.84. The van der Waals surface area contributed by atoms with Crippen molar-refractivity contribution >= 4 is 23.2 Å². The third-order valence-corrected chi connectivity index (χ3v) is 3.54. The molecule has 1 saturated heterocycles. The Balaban J connectivity index is 1.95. The van der Waals surface area contributed by atoms with Gasteiger partial charge in [0.25, 0.3) is 0 Å². The summed E-state index contributed by atoms with van der Waals surface area (Å²) in [5, 5.41) is 1.03. The van der Waals surface area contributed by atoms with Crippen LogP contribution in [0.25, 0.3) is 0 Å². The number of nitrogens with zero attached hydrogens (tertiary/aromatic N) is 1. The van der Waals surface area contributed by atoms with E-state index < -0.39 is 0 Å². The Hall–Kier alpha value is -0.640. The molecule has 0 N–H and O–H groups in total. The van der Waals surface area contributed by atoms with Gasteiger partial charge < -0.3 is 9.47 Å². The molecule has 0 bridgehead atoms. The molecule has 3 nitrogen and oxygen atoms in total. The van der Waals surface area contributed by atoms with Crippen LogP contribution in [0.2, 0.25) is 10.0 Å². The van der Waals surface area contributed by atoms with E-state index in [4.69, 9.17) is 32.7 Å². The molecule has 5 heteroatoms. The summed E-state index contributed by atoms with van der Waals surface area (Å²) in [4.78, 5) is 2.39. The zero-order valence-corrected chi connectivity index (χ0v) is 11.9. The molecular weight excluding hydrogens is 273 g/mol. The fourth-order valence-electron chi connectivity index (χ4n) is 2.13. The van der Waals surface area contributed by atoms with E-state index in [1.54, 1.807) is 19.2 Å². The molecule has 0 atom stereocenters. The summed E-state index contributed by atoms with van der Waals surface area (Å²) >= 11 is 12.0. The van der Waals surface area contributed by atoms with Gasteiger partial charge in [0, 0.05) is 17.6 Å². The molecular formula is C13H17Cl2NO2. The molecule has 1 aliphatic rings. The van der Waals surface area contributed by atoms with Crippen molar-refractivity contribution in [3.05, 3.63) is 22.2 Å². The van der Waals surface area contributed by atoms with Gasteiger partial charge in [0.1, 0.15) is 6.61 Å². The average molecular weight is 290 g/mol. The maximum atomic E-state index is 6.04. The maximum Gasteiger partial charge on any atom is 0.179 e. The largest absolute Gasteiger partial charge is 0.491 e. The van der Waals surface area contributed by atoms with Crippen molar-refractivity contribution in [2.45, 2.75) is 12.8 Å². The van der Waals surface area contributed by atoms with Gasteiger partial charge >= 0.3 is 0 Å². The SMILES string of the molecule is COc1c(Cl)cc(Cl)cc1OCCN1CCCC1. The molecule has 0 aliphatic carbocycles. The van der Waals surface area contributed by atoms with Crippen molar-refractivity contribution < 1.29 is 9.47 Å². The van der Waals surface area contributed by atoms with Crippen LogP contribution in [0.15, 0.2) is 12.1 Å². The fourth-order valence-corrected chi connectivity index (χ4v) is 2.68. The smallest absolute Gasteiger partial charge is 0.179 e. The van der Waals surface area contributed by atoms with Crippen molar-refractivity contribution in [3.63, 3.8) is 0 Å². The lowest BCUT2D eigenvalue weighted by atomic mass is 10.3. The summed E-state index contributed by atoms with van der Waals surface area (Å²) in [6.45, 7) is 3.87. The van der Waals surface area contributed by atoms with Gasteiger partial charge in [-0.3, -0.25) is 4.90 Å². The summed E-state index contributed by atoms with van der Waals surface area (Å²) < 4.78 is 10.9. The molecule has 1 aromatic rings. The number of ether oxygens (including phenoxy) is 2. The second-order valence-electron chi connectivity index (χ2n) is 4.32. The van der Waals surface area contributed by atoms with Gasteiger partial charge in [-0.2, -0.15) is 0 Å². The predicted octanol–water partition coefficient (Wildman–Crippen LogP) is 3.48. The molecule has 100 valence electrons. The molecule has 0 spiro atoms. The number of rotatable bonds is 5. The minimum atomic E-state index is 0.473. The predicted molar refractivity (Wildman–Crippen MR) is 74.2 cm³/mol. The zero-order chi connectivity index (χ0) is 13.0. The van der Waals surface area contributed by atoms with Crippen LogP contribution >= 0.6 is 23.2 Å². The van der Waals surface area contributed by atoms with E-state index in [1.165, 1.54) is 12.8 Å². The quantitative estimate of drug-likeness (QED) is 0.828. The lowest BCUT2D eigenvalue weighted by Gasteiger charge is -2.16. The maximum absolute atomic E-state index is 6.04. The third-order valence-electron chi connectivity index (χ3n) is 3.04. The summed E-state index contributed by atoms with van der Waals surface area (Å²) in [5.74, 6) is 1.15. The van der Waals surface area contributed by atoms with Gasteiger partial charge in [-0.1, -0.05) is 23.2 Å². The lowest BCUT2D eigenvalue weighted by Crippen LogP contribution is -2.25. The molecule has 18 heavy (non-hydrogen) atoms. The normalized spacial score (nSPS) is 15.9. The third kappa shape index (κ3) is 3.44. The van der Waals surface area contributed by atoms with E-state index in [0.717, 1.165) is 19.6 Å². The highest BCUT2D eigenvalue weighted by atomic mass is 35.5. The molecule has 1 heterocycles. The topological polar surface area (TPSA) is 21.7 Å². The van der Waals surface area contributed by atoms with E-state index in [1.807, 2.05) is 0 Å². The first kappa shape index (κ1) is 13.8. The molecule has 0 radical (unpaired) electrons. The highest BCUT2D eigenvalue weighted by Crippen LogP contribution is 2.37. The Labute approximate surface area is 118 Å². The van der Waals surface area contributed by atoms with Crippen molar-refractivity contribution in [2.24, 2.45) is 0 Å². The van der Waals surface area contributed by atoms with Crippen LogP contribution in [0.1, 0.15) is 12.8 Å². The first-order chi connectivity index (χ1) is 8.70. The van der Waals surface area contributed by atoms with Gasteiger partial charge in [0.15, 0.2) is 11.5 Å². The van der Waals surface area contributed by atoms with Crippen LogP contribution in [0, 0.1) is 0 Å². The Morgan fingerprint density at radius 3 is 2.61 bits per heavy atom. The number of benzene rings is 1. The van der Waals surface area contributed by atoms with E-state index in [2.05, 4.69) is 4.90 Å². The Bertz CT molecular complexity index is 406. The van der Waals surface area contributed by atoms with Crippen molar-refractivity contribution in [2.75, 3.05) is 33.4 Å². The van der Waals surface area contributed by atoms with Gasteiger partial charge in [0.05, 0.1) is 12.1 Å². The molecule has 2 rings (SSSR count). The van der Waals surface area contributed by atoms with Crippen LogP contribution in [0.3, 0.4) is 0 Å². The summed E-state index contributed by atoms with van der Waals surface area (Å²) in [6.07, 6.45) is 2.57. The highest BCUT2D eigenvalue weighted by molar-refractivity contribution is 6.35. The number of hydrogen-bond acceptors (Lipinski definition) is 3. The molecule has 0 amide bonds. The molecule has 0 unspecified atom stereocenters. The monoisotopic (exact) mass is 289 g/mol. The van der Waals surface area contributed by atoms with Gasteiger partial charge in [-0.15, -0.1) is 0 Å². The molecule has 0 aromatic heterocycles. The zero-order valence-electron chi connectivity index (χ0n) is 10.4. The molecule has 1 aliphatic heterocycles. The van der Waals surface area contributed by atoms with Gasteiger partial charge in [0.2, 0.25) is 0 Å². The van der Waals surface area contributed by atoms with Crippen LogP contribution in [-0.4, -0.2) is 38.3 Å². The van der Waals surface area contributed by atoms with Crippen molar-refractivity contribution in [1.29, 1.82) is 0 Å². The average Bonchev–Trinajstić information content (AvgIpc) is 2.81. The second-order valence-corrected chi connectivity index (χ2v) is 5.16. The number of methoxy groups -OCH3 is 1. The van der Waals surface area contributed by atoms with Gasteiger partial charge in [-0.05, 0) is 32.0 Å². The summed E-state index contributed by atoms with van der Waals surface area (Å²) in [6, 6.07) is 3.38. The van der Waals surface area contributed by atoms with E-state index in [0.29, 0.717) is 28.2 Å². The molecule has 1 fully saturated rings. The first-order valence-electron chi connectivity index (χ1n) is 6.09. The van der Waals surface area contributed by atoms with Crippen molar-refractivity contribution in [3.8, 4) is 11.5 Å². The van der Waals surface area contributed by atoms with E-state index in [9.17, 15) is 0 Å². The lowest BCUT2D eigenvalue weighted by molar-refractivity contribution is 0.230. The molecule has 0 saturated carbocycles. The number of hydrogen-bond donors (Lipinski definition) is 0. The number of halogens is 2. The van der Waals surface area contributed by atoms with Gasteiger partial charge in [-0.25, -0.2) is 0 Å². The second kappa shape index (κ2) is 6.50. The standard InChI is InChI=1S/C13H17Cl2NO2/c1-17-13-11(15)8-10(14)9-12(13)18-7-6-16-4-2-3-5-16/h8-9H,2-7H2,1H3. The summed E-state index contributed by atoms with van der Waals surface area (Å²) in [5.41, 5.74) is 0. The van der Waals surface area contributed by atoms with E-state index >= 15 is 0 Å². The molecule has 1 aromatic carbocycles. The summed E-state index contributed by atoms with van der Waals surface area (Å²) in [7, 11) is 1.57. The Morgan fingerprint density at radius 2 is 1.94 bits per heavy atom.